The summed E-state index contributed by atoms with van der Waals surface area (Å²) in [7, 11) is 6.74. The highest BCUT2D eigenvalue weighted by atomic mass is 16.5. The number of rotatable bonds is 8. The number of hydrogen-bond acceptors (Lipinski definition) is 6. The van der Waals surface area contributed by atoms with Crippen molar-refractivity contribution in [3.8, 4) is 17.2 Å². The fourth-order valence-electron chi connectivity index (χ4n) is 3.66. The number of methoxy groups -OCH3 is 3. The van der Waals surface area contributed by atoms with E-state index in [4.69, 9.17) is 14.2 Å². The normalized spacial score (nSPS) is 14.9. The van der Waals surface area contributed by atoms with Crippen LogP contribution >= 0.6 is 0 Å². The van der Waals surface area contributed by atoms with Crippen molar-refractivity contribution in [2.75, 3.05) is 54.6 Å². The standard InChI is InChI=1S/C23H31N3O4/c1-25-10-12-26(13-11-25)16-18-7-5-6-17(14-18)15-24-23(27)19-8-9-20(28-2)22(30-4)21(19)29-3/h5-9,14H,10-13,15-16H2,1-4H3,(H,24,27). The van der Waals surface area contributed by atoms with Gasteiger partial charge in [-0.15, -0.1) is 0 Å². The predicted molar refractivity (Wildman–Crippen MR) is 116 cm³/mol. The molecule has 0 aromatic heterocycles. The molecule has 1 fully saturated rings. The smallest absolute Gasteiger partial charge is 0.255 e. The van der Waals surface area contributed by atoms with Crippen LogP contribution in [0, 0.1) is 0 Å². The lowest BCUT2D eigenvalue weighted by Crippen LogP contribution is -2.43. The summed E-state index contributed by atoms with van der Waals surface area (Å²) in [5.74, 6) is 1.06. The van der Waals surface area contributed by atoms with Gasteiger partial charge in [0.1, 0.15) is 0 Å². The monoisotopic (exact) mass is 413 g/mol. The number of likely N-dealkylation sites (N-methyl/N-ethyl adjacent to an activating group) is 1. The Morgan fingerprint density at radius 1 is 0.933 bits per heavy atom. The second-order valence-corrected chi connectivity index (χ2v) is 7.46. The van der Waals surface area contributed by atoms with Gasteiger partial charge in [-0.3, -0.25) is 9.69 Å². The van der Waals surface area contributed by atoms with Gasteiger partial charge in [-0.25, -0.2) is 0 Å². The van der Waals surface area contributed by atoms with Gasteiger partial charge in [0, 0.05) is 39.3 Å². The first kappa shape index (κ1) is 21.9. The quantitative estimate of drug-likeness (QED) is 0.717. The number of piperazine rings is 1. The van der Waals surface area contributed by atoms with Gasteiger partial charge in [-0.05, 0) is 30.3 Å². The minimum Gasteiger partial charge on any atom is -0.493 e. The Balaban J connectivity index is 1.65. The summed E-state index contributed by atoms with van der Waals surface area (Å²) in [4.78, 5) is 17.6. The van der Waals surface area contributed by atoms with Gasteiger partial charge in [0.25, 0.3) is 5.91 Å². The molecule has 1 saturated heterocycles. The van der Waals surface area contributed by atoms with E-state index in [-0.39, 0.29) is 5.91 Å². The summed E-state index contributed by atoms with van der Waals surface area (Å²) < 4.78 is 16.1. The Morgan fingerprint density at radius 2 is 1.63 bits per heavy atom. The van der Waals surface area contributed by atoms with Crippen LogP contribution in [0.25, 0.3) is 0 Å². The molecule has 1 aliphatic rings. The molecule has 2 aromatic carbocycles. The van der Waals surface area contributed by atoms with Gasteiger partial charge in [-0.1, -0.05) is 24.3 Å². The highest BCUT2D eigenvalue weighted by Gasteiger charge is 2.20. The largest absolute Gasteiger partial charge is 0.493 e. The first-order valence-electron chi connectivity index (χ1n) is 10.1. The van der Waals surface area contributed by atoms with E-state index >= 15 is 0 Å². The minimum absolute atomic E-state index is 0.225. The topological polar surface area (TPSA) is 63.3 Å². The van der Waals surface area contributed by atoms with Gasteiger partial charge in [0.2, 0.25) is 5.75 Å². The zero-order valence-electron chi connectivity index (χ0n) is 18.2. The van der Waals surface area contributed by atoms with E-state index in [0.29, 0.717) is 29.4 Å². The molecule has 3 rings (SSSR count). The molecule has 1 aliphatic heterocycles. The Labute approximate surface area is 178 Å². The molecule has 1 amide bonds. The lowest BCUT2D eigenvalue weighted by atomic mass is 10.1. The van der Waals surface area contributed by atoms with E-state index in [1.165, 1.54) is 19.8 Å². The van der Waals surface area contributed by atoms with Crippen LogP contribution in [-0.2, 0) is 13.1 Å². The van der Waals surface area contributed by atoms with Crippen LogP contribution in [0.4, 0.5) is 0 Å². The van der Waals surface area contributed by atoms with Gasteiger partial charge in [0.05, 0.1) is 26.9 Å². The molecule has 0 radical (unpaired) electrons. The van der Waals surface area contributed by atoms with Crippen LogP contribution in [-0.4, -0.2) is 70.3 Å². The van der Waals surface area contributed by atoms with E-state index in [0.717, 1.165) is 38.3 Å². The van der Waals surface area contributed by atoms with Gasteiger partial charge >= 0.3 is 0 Å². The van der Waals surface area contributed by atoms with Crippen molar-refractivity contribution in [1.29, 1.82) is 0 Å². The molecule has 1 heterocycles. The number of amides is 1. The zero-order valence-corrected chi connectivity index (χ0v) is 18.2. The molecule has 1 N–H and O–H groups in total. The fourth-order valence-corrected chi connectivity index (χ4v) is 3.66. The summed E-state index contributed by atoms with van der Waals surface area (Å²) in [6.07, 6.45) is 0. The molecule has 0 saturated carbocycles. The first-order valence-corrected chi connectivity index (χ1v) is 10.1. The summed E-state index contributed by atoms with van der Waals surface area (Å²) in [6, 6.07) is 11.8. The van der Waals surface area contributed by atoms with Crippen molar-refractivity contribution >= 4 is 5.91 Å². The summed E-state index contributed by atoms with van der Waals surface area (Å²) in [6.45, 7) is 5.73. The molecule has 2 aromatic rings. The number of nitrogens with zero attached hydrogens (tertiary/aromatic N) is 2. The van der Waals surface area contributed by atoms with Gasteiger partial charge in [0.15, 0.2) is 11.5 Å². The minimum atomic E-state index is -0.225. The van der Waals surface area contributed by atoms with E-state index < -0.39 is 0 Å². The molecule has 0 aliphatic carbocycles. The molecule has 0 bridgehead atoms. The second-order valence-electron chi connectivity index (χ2n) is 7.46. The average Bonchev–Trinajstić information content (AvgIpc) is 2.78. The van der Waals surface area contributed by atoms with Crippen molar-refractivity contribution in [1.82, 2.24) is 15.1 Å². The maximum atomic E-state index is 12.8. The van der Waals surface area contributed by atoms with E-state index in [1.54, 1.807) is 19.2 Å². The SMILES string of the molecule is COc1ccc(C(=O)NCc2cccc(CN3CCN(C)CC3)c2)c(OC)c1OC. The molecule has 30 heavy (non-hydrogen) atoms. The fraction of sp³-hybridized carbons (Fsp3) is 0.435. The number of ether oxygens (including phenoxy) is 3. The number of carbonyl (C=O) groups excluding carboxylic acids is 1. The van der Waals surface area contributed by atoms with Crippen LogP contribution in [0.1, 0.15) is 21.5 Å². The highest BCUT2D eigenvalue weighted by molar-refractivity contribution is 5.98. The zero-order chi connectivity index (χ0) is 21.5. The van der Waals surface area contributed by atoms with Crippen molar-refractivity contribution in [3.63, 3.8) is 0 Å². The molecule has 0 unspecified atom stereocenters. The second kappa shape index (κ2) is 10.3. The Hall–Kier alpha value is -2.77. The average molecular weight is 414 g/mol. The van der Waals surface area contributed by atoms with Crippen molar-refractivity contribution in [3.05, 3.63) is 53.1 Å². The predicted octanol–water partition coefficient (Wildman–Crippen LogP) is 2.39. The van der Waals surface area contributed by atoms with Crippen LogP contribution in [0.5, 0.6) is 17.2 Å². The van der Waals surface area contributed by atoms with E-state index in [2.05, 4.69) is 34.3 Å². The van der Waals surface area contributed by atoms with Crippen LogP contribution in [0.3, 0.4) is 0 Å². The molecule has 162 valence electrons. The third-order valence-electron chi connectivity index (χ3n) is 5.40. The highest BCUT2D eigenvalue weighted by Crippen LogP contribution is 2.39. The maximum absolute atomic E-state index is 12.8. The van der Waals surface area contributed by atoms with Crippen molar-refractivity contribution < 1.29 is 19.0 Å². The van der Waals surface area contributed by atoms with Crippen molar-refractivity contribution in [2.45, 2.75) is 13.1 Å². The lowest BCUT2D eigenvalue weighted by Gasteiger charge is -2.32. The number of carbonyl (C=O) groups is 1. The van der Waals surface area contributed by atoms with Gasteiger partial charge < -0.3 is 24.4 Å². The number of nitrogens with one attached hydrogen (secondary N) is 1. The summed E-state index contributed by atoms with van der Waals surface area (Å²) >= 11 is 0. The van der Waals surface area contributed by atoms with Gasteiger partial charge in [-0.2, -0.15) is 0 Å². The molecule has 0 atom stereocenters. The molecule has 0 spiro atoms. The van der Waals surface area contributed by atoms with E-state index in [1.807, 2.05) is 12.1 Å². The van der Waals surface area contributed by atoms with Crippen LogP contribution in [0.2, 0.25) is 0 Å². The summed E-state index contributed by atoms with van der Waals surface area (Å²) in [5.41, 5.74) is 2.73. The lowest BCUT2D eigenvalue weighted by molar-refractivity contribution is 0.0947. The Bertz CT molecular complexity index is 864. The van der Waals surface area contributed by atoms with Crippen molar-refractivity contribution in [2.24, 2.45) is 0 Å². The molecular formula is C23H31N3O4. The Kier molecular flexibility index (Phi) is 7.54. The first-order chi connectivity index (χ1) is 14.5. The Morgan fingerprint density at radius 3 is 2.30 bits per heavy atom. The molecular weight excluding hydrogens is 382 g/mol. The third kappa shape index (κ3) is 5.23. The molecule has 7 nitrogen and oxygen atoms in total. The maximum Gasteiger partial charge on any atom is 0.255 e. The number of benzene rings is 2. The summed E-state index contributed by atoms with van der Waals surface area (Å²) in [5, 5.41) is 2.98. The molecule has 7 heteroatoms. The third-order valence-corrected chi connectivity index (χ3v) is 5.40. The van der Waals surface area contributed by atoms with Crippen LogP contribution in [0.15, 0.2) is 36.4 Å². The van der Waals surface area contributed by atoms with Crippen LogP contribution < -0.4 is 19.5 Å². The number of hydrogen-bond donors (Lipinski definition) is 1. The van der Waals surface area contributed by atoms with E-state index in [9.17, 15) is 4.79 Å².